The van der Waals surface area contributed by atoms with E-state index in [-0.39, 0.29) is 0 Å². The number of aromatic nitrogens is 1. The predicted octanol–water partition coefficient (Wildman–Crippen LogP) is 4.97. The topological polar surface area (TPSA) is 12.9 Å². The molecule has 15 heavy (non-hydrogen) atoms. The monoisotopic (exact) mass is 223 g/mol. The van der Waals surface area contributed by atoms with Gasteiger partial charge in [0, 0.05) is 0 Å². The quantitative estimate of drug-likeness (QED) is 0.614. The molecular weight excluding hydrogens is 202 g/mol. The van der Waals surface area contributed by atoms with Gasteiger partial charge in [0.2, 0.25) is 0 Å². The van der Waals surface area contributed by atoms with Gasteiger partial charge in [-0.15, -0.1) is 11.3 Å². The van der Waals surface area contributed by atoms with E-state index in [1.165, 1.54) is 10.3 Å². The van der Waals surface area contributed by atoms with Gasteiger partial charge in [-0.05, 0) is 31.5 Å². The van der Waals surface area contributed by atoms with Crippen LogP contribution in [0.3, 0.4) is 0 Å². The molecule has 0 aliphatic carbocycles. The Hall–Kier alpha value is -0.890. The Balaban J connectivity index is 0.000000442. The van der Waals surface area contributed by atoms with E-state index in [2.05, 4.69) is 30.1 Å². The Kier molecular flexibility index (Phi) is 6.97. The number of benzene rings is 1. The molecule has 0 aliphatic heterocycles. The van der Waals surface area contributed by atoms with Crippen LogP contribution >= 0.6 is 11.3 Å². The number of hydrogen-bond acceptors (Lipinski definition) is 2. The fourth-order valence-electron chi connectivity index (χ4n) is 1.15. The Morgan fingerprint density at radius 3 is 2.20 bits per heavy atom. The first kappa shape index (κ1) is 14.1. The van der Waals surface area contributed by atoms with E-state index in [0.29, 0.717) is 0 Å². The summed E-state index contributed by atoms with van der Waals surface area (Å²) < 4.78 is 1.29. The molecule has 0 spiro atoms. The van der Waals surface area contributed by atoms with Crippen molar-refractivity contribution in [2.75, 3.05) is 0 Å². The smallest absolute Gasteiger partial charge is 0.0907 e. The number of thiazole rings is 1. The molecule has 0 atom stereocenters. The third-order valence-electron chi connectivity index (χ3n) is 1.65. The van der Waals surface area contributed by atoms with Crippen molar-refractivity contribution in [2.45, 2.75) is 41.5 Å². The van der Waals surface area contributed by atoms with Crippen LogP contribution in [-0.2, 0) is 0 Å². The van der Waals surface area contributed by atoms with Crippen molar-refractivity contribution >= 4 is 21.6 Å². The van der Waals surface area contributed by atoms with E-state index >= 15 is 0 Å². The van der Waals surface area contributed by atoms with Crippen LogP contribution in [0.15, 0.2) is 18.2 Å². The van der Waals surface area contributed by atoms with Crippen molar-refractivity contribution in [3.05, 3.63) is 28.8 Å². The van der Waals surface area contributed by atoms with E-state index < -0.39 is 0 Å². The molecule has 0 fully saturated rings. The highest BCUT2D eigenvalue weighted by Crippen LogP contribution is 2.21. The summed E-state index contributed by atoms with van der Waals surface area (Å²) in [6.45, 7) is 12.1. The lowest BCUT2D eigenvalue weighted by Gasteiger charge is -1.88. The summed E-state index contributed by atoms with van der Waals surface area (Å²) >= 11 is 1.76. The first-order chi connectivity index (χ1) is 7.25. The van der Waals surface area contributed by atoms with Gasteiger partial charge in [0.15, 0.2) is 0 Å². The highest BCUT2D eigenvalue weighted by Gasteiger charge is 1.98. The fraction of sp³-hybridized carbons (Fsp3) is 0.462. The zero-order valence-corrected chi connectivity index (χ0v) is 11.4. The van der Waals surface area contributed by atoms with Crippen molar-refractivity contribution in [3.63, 3.8) is 0 Å². The van der Waals surface area contributed by atoms with E-state index in [9.17, 15) is 0 Å². The molecule has 0 N–H and O–H groups in total. The number of nitrogens with zero attached hydrogens (tertiary/aromatic N) is 1. The molecule has 0 unspecified atom stereocenters. The van der Waals surface area contributed by atoms with Crippen LogP contribution in [0.5, 0.6) is 0 Å². The van der Waals surface area contributed by atoms with Gasteiger partial charge in [-0.2, -0.15) is 0 Å². The number of hydrogen-bond donors (Lipinski definition) is 0. The molecule has 0 radical (unpaired) electrons. The summed E-state index contributed by atoms with van der Waals surface area (Å²) in [4.78, 5) is 4.37. The molecule has 2 aromatic rings. The van der Waals surface area contributed by atoms with Gasteiger partial charge in [-0.1, -0.05) is 33.8 Å². The van der Waals surface area contributed by atoms with Crippen LogP contribution < -0.4 is 0 Å². The Labute approximate surface area is 97.2 Å². The number of fused-ring (bicyclic) bond motifs is 1. The highest BCUT2D eigenvalue weighted by molar-refractivity contribution is 7.18. The van der Waals surface area contributed by atoms with Crippen molar-refractivity contribution in [2.24, 2.45) is 0 Å². The van der Waals surface area contributed by atoms with E-state index in [1.807, 2.05) is 34.6 Å². The van der Waals surface area contributed by atoms with Crippen molar-refractivity contribution in [3.8, 4) is 0 Å². The Morgan fingerprint density at radius 1 is 1.00 bits per heavy atom. The molecule has 1 aromatic carbocycles. The Morgan fingerprint density at radius 2 is 1.60 bits per heavy atom. The number of rotatable bonds is 0. The molecule has 84 valence electrons. The fourth-order valence-corrected chi connectivity index (χ4v) is 2.07. The van der Waals surface area contributed by atoms with Crippen LogP contribution in [0.25, 0.3) is 10.2 Å². The normalized spacial score (nSPS) is 8.67. The van der Waals surface area contributed by atoms with Crippen molar-refractivity contribution < 1.29 is 0 Å². The average Bonchev–Trinajstić information content (AvgIpc) is 2.63. The second-order valence-electron chi connectivity index (χ2n) is 2.70. The van der Waals surface area contributed by atoms with Gasteiger partial charge in [-0.25, -0.2) is 4.98 Å². The molecule has 0 aliphatic rings. The maximum atomic E-state index is 4.37. The molecule has 0 amide bonds. The third-order valence-corrected chi connectivity index (χ3v) is 2.58. The summed E-state index contributed by atoms with van der Waals surface area (Å²) in [5.74, 6) is 0. The lowest BCUT2D eigenvalue weighted by Crippen LogP contribution is -1.70. The lowest BCUT2D eigenvalue weighted by atomic mass is 10.2. The predicted molar refractivity (Wildman–Crippen MR) is 71.8 cm³/mol. The van der Waals surface area contributed by atoms with E-state index in [4.69, 9.17) is 0 Å². The minimum Gasteiger partial charge on any atom is -0.242 e. The van der Waals surface area contributed by atoms with Gasteiger partial charge in [0.1, 0.15) is 0 Å². The second-order valence-corrected chi connectivity index (χ2v) is 3.94. The third kappa shape index (κ3) is 4.00. The van der Waals surface area contributed by atoms with Gasteiger partial charge in [-0.3, -0.25) is 0 Å². The van der Waals surface area contributed by atoms with Crippen LogP contribution in [0.2, 0.25) is 0 Å². The summed E-state index contributed by atoms with van der Waals surface area (Å²) in [6, 6.07) is 6.36. The van der Waals surface area contributed by atoms with Crippen LogP contribution in [0.1, 0.15) is 38.3 Å². The van der Waals surface area contributed by atoms with E-state index in [1.54, 1.807) is 11.3 Å². The lowest BCUT2D eigenvalue weighted by molar-refractivity contribution is 1.34. The molecule has 2 heteroatoms. The summed E-state index contributed by atoms with van der Waals surface area (Å²) in [5.41, 5.74) is 2.43. The SMILES string of the molecule is CC.CC.Cc1ccc2nc(C)sc2c1. The zero-order valence-electron chi connectivity index (χ0n) is 10.6. The Bertz CT molecular complexity index is 390. The van der Waals surface area contributed by atoms with Gasteiger partial charge in [0.25, 0.3) is 0 Å². The molecular formula is C13H21NS. The molecule has 0 saturated carbocycles. The highest BCUT2D eigenvalue weighted by atomic mass is 32.1. The minimum atomic E-state index is 1.12. The van der Waals surface area contributed by atoms with Crippen LogP contribution in [0, 0.1) is 13.8 Å². The molecule has 1 aromatic heterocycles. The van der Waals surface area contributed by atoms with Gasteiger partial charge in [0.05, 0.1) is 15.2 Å². The van der Waals surface area contributed by atoms with Crippen molar-refractivity contribution in [1.29, 1.82) is 0 Å². The maximum absolute atomic E-state index is 4.37. The maximum Gasteiger partial charge on any atom is 0.0907 e. The second kappa shape index (κ2) is 7.41. The van der Waals surface area contributed by atoms with Gasteiger partial charge < -0.3 is 0 Å². The van der Waals surface area contributed by atoms with Crippen LogP contribution in [-0.4, -0.2) is 4.98 Å². The average molecular weight is 223 g/mol. The molecule has 1 heterocycles. The standard InChI is InChI=1S/C9H9NS.2C2H6/c1-6-3-4-8-9(5-6)11-7(2)10-8;2*1-2/h3-5H,1-2H3;2*1-2H3. The first-order valence-corrected chi connectivity index (χ1v) is 6.41. The zero-order chi connectivity index (χ0) is 11.8. The number of aryl methyl sites for hydroxylation is 2. The molecule has 0 saturated heterocycles. The van der Waals surface area contributed by atoms with E-state index in [0.717, 1.165) is 10.5 Å². The summed E-state index contributed by atoms with van der Waals surface area (Å²) in [7, 11) is 0. The summed E-state index contributed by atoms with van der Waals surface area (Å²) in [5, 5.41) is 1.14. The van der Waals surface area contributed by atoms with Gasteiger partial charge >= 0.3 is 0 Å². The summed E-state index contributed by atoms with van der Waals surface area (Å²) in [6.07, 6.45) is 0. The van der Waals surface area contributed by atoms with Crippen LogP contribution in [0.4, 0.5) is 0 Å². The first-order valence-electron chi connectivity index (χ1n) is 5.59. The molecule has 0 bridgehead atoms. The molecule has 1 nitrogen and oxygen atoms in total. The van der Waals surface area contributed by atoms with Crippen molar-refractivity contribution in [1.82, 2.24) is 4.98 Å². The molecule has 2 rings (SSSR count). The largest absolute Gasteiger partial charge is 0.242 e. The minimum absolute atomic E-state index is 1.12.